The van der Waals surface area contributed by atoms with Gasteiger partial charge in [0.1, 0.15) is 0 Å². The first-order valence-corrected chi connectivity index (χ1v) is 2.96. The number of hydrazine groups is 1. The Kier molecular flexibility index (Phi) is 3.96. The summed E-state index contributed by atoms with van der Waals surface area (Å²) in [5, 5.41) is 11.1. The summed E-state index contributed by atoms with van der Waals surface area (Å²) in [6.45, 7) is 2.87. The number of rotatable bonds is 3. The maximum atomic E-state index is 3.83. The van der Waals surface area contributed by atoms with Crippen LogP contribution in [0.5, 0.6) is 0 Å². The molecular weight excluding hydrogens is 116 g/mol. The van der Waals surface area contributed by atoms with Gasteiger partial charge in [0.2, 0.25) is 0 Å². The van der Waals surface area contributed by atoms with Crippen LogP contribution < -0.4 is 0 Å². The van der Waals surface area contributed by atoms with Crippen LogP contribution in [-0.4, -0.2) is 37.8 Å². The van der Waals surface area contributed by atoms with Crippen LogP contribution >= 0.6 is 0 Å². The molecule has 0 heterocycles. The molecule has 0 aromatic heterocycles. The van der Waals surface area contributed by atoms with Crippen molar-refractivity contribution >= 4 is 0 Å². The average Bonchev–Trinajstić information content (AvgIpc) is 1.82. The van der Waals surface area contributed by atoms with Crippen LogP contribution in [-0.2, 0) is 0 Å². The molecular formula is C5H14N4. The summed E-state index contributed by atoms with van der Waals surface area (Å²) in [6.07, 6.45) is 0. The average molecular weight is 130 g/mol. The van der Waals surface area contributed by atoms with Crippen molar-refractivity contribution in [1.82, 2.24) is 10.1 Å². The highest BCUT2D eigenvalue weighted by molar-refractivity contribution is 4.33. The normalized spacial score (nSPS) is 11.2. The molecule has 0 rings (SSSR count). The fourth-order valence-corrected chi connectivity index (χ4v) is 0.529. The Bertz CT molecular complexity index is 89.0. The highest BCUT2D eigenvalue weighted by Gasteiger charge is 1.96. The van der Waals surface area contributed by atoms with E-state index in [0.29, 0.717) is 0 Å². The van der Waals surface area contributed by atoms with E-state index in [9.17, 15) is 0 Å². The van der Waals surface area contributed by atoms with Crippen molar-refractivity contribution in [2.24, 2.45) is 10.3 Å². The second-order valence-electron chi connectivity index (χ2n) is 1.83. The zero-order valence-corrected chi connectivity index (χ0v) is 6.50. The Labute approximate surface area is 56.1 Å². The first-order valence-electron chi connectivity index (χ1n) is 2.96. The van der Waals surface area contributed by atoms with Gasteiger partial charge in [0, 0.05) is 14.1 Å². The maximum absolute atomic E-state index is 3.83. The van der Waals surface area contributed by atoms with Crippen molar-refractivity contribution in [3.63, 3.8) is 0 Å². The van der Waals surface area contributed by atoms with Crippen LogP contribution in [0.3, 0.4) is 0 Å². The molecule has 0 radical (unpaired) electrons. The third kappa shape index (κ3) is 3.03. The van der Waals surface area contributed by atoms with Gasteiger partial charge in [-0.15, -0.1) is 0 Å². The molecule has 0 spiro atoms. The van der Waals surface area contributed by atoms with Crippen LogP contribution in [0.2, 0.25) is 0 Å². The molecule has 0 aliphatic carbocycles. The van der Waals surface area contributed by atoms with Gasteiger partial charge in [0.05, 0.1) is 13.6 Å². The molecule has 0 saturated heterocycles. The van der Waals surface area contributed by atoms with E-state index in [4.69, 9.17) is 0 Å². The smallest absolute Gasteiger partial charge is 0.0524 e. The van der Waals surface area contributed by atoms with Gasteiger partial charge in [-0.2, -0.15) is 5.11 Å². The van der Waals surface area contributed by atoms with E-state index >= 15 is 0 Å². The molecule has 0 amide bonds. The second-order valence-corrected chi connectivity index (χ2v) is 1.83. The summed E-state index contributed by atoms with van der Waals surface area (Å²) in [6, 6.07) is 0. The van der Waals surface area contributed by atoms with Crippen molar-refractivity contribution < 1.29 is 0 Å². The number of hydrogen-bond acceptors (Lipinski definition) is 3. The molecule has 0 aliphatic heterocycles. The Morgan fingerprint density at radius 1 is 1.33 bits per heavy atom. The molecule has 4 nitrogen and oxygen atoms in total. The Morgan fingerprint density at radius 2 is 1.89 bits per heavy atom. The van der Waals surface area contributed by atoms with Crippen LogP contribution in [0.4, 0.5) is 0 Å². The predicted octanol–water partition coefficient (Wildman–Crippen LogP) is 0.782. The van der Waals surface area contributed by atoms with Gasteiger partial charge in [-0.05, 0) is 6.92 Å². The summed E-state index contributed by atoms with van der Waals surface area (Å²) in [7, 11) is 5.52. The molecule has 0 saturated carbocycles. The summed E-state index contributed by atoms with van der Waals surface area (Å²) in [5.74, 6) is 0. The largest absolute Gasteiger partial charge is 0.210 e. The SMILES string of the molecule is CCN(N=NC)N(C)C. The maximum Gasteiger partial charge on any atom is 0.0524 e. The van der Waals surface area contributed by atoms with E-state index in [-0.39, 0.29) is 0 Å². The standard InChI is InChI=1S/C5H14N4/c1-5-9(7-6-2)8(3)4/h5H2,1-4H3. The van der Waals surface area contributed by atoms with Gasteiger partial charge in [-0.3, -0.25) is 0 Å². The molecule has 0 aromatic carbocycles. The topological polar surface area (TPSA) is 31.2 Å². The van der Waals surface area contributed by atoms with Gasteiger partial charge in [0.15, 0.2) is 0 Å². The van der Waals surface area contributed by atoms with Gasteiger partial charge in [0.25, 0.3) is 0 Å². The van der Waals surface area contributed by atoms with E-state index in [1.165, 1.54) is 0 Å². The summed E-state index contributed by atoms with van der Waals surface area (Å²) in [4.78, 5) is 0. The van der Waals surface area contributed by atoms with E-state index in [1.54, 1.807) is 12.2 Å². The second kappa shape index (κ2) is 4.26. The van der Waals surface area contributed by atoms with Gasteiger partial charge in [-0.1, -0.05) is 5.22 Å². The van der Waals surface area contributed by atoms with Crippen molar-refractivity contribution in [2.75, 3.05) is 27.7 Å². The third-order valence-electron chi connectivity index (χ3n) is 0.937. The van der Waals surface area contributed by atoms with Crippen molar-refractivity contribution in [1.29, 1.82) is 0 Å². The molecule has 0 fully saturated rings. The van der Waals surface area contributed by atoms with Gasteiger partial charge in [-0.25, -0.2) is 10.1 Å². The lowest BCUT2D eigenvalue weighted by molar-refractivity contribution is 0.0241. The van der Waals surface area contributed by atoms with Crippen LogP contribution in [0.15, 0.2) is 10.3 Å². The van der Waals surface area contributed by atoms with Gasteiger partial charge >= 0.3 is 0 Å². The highest BCUT2D eigenvalue weighted by Crippen LogP contribution is 1.90. The predicted molar refractivity (Wildman–Crippen MR) is 36.8 cm³/mol. The molecule has 0 bridgehead atoms. The molecule has 0 atom stereocenters. The molecule has 0 N–H and O–H groups in total. The highest BCUT2D eigenvalue weighted by atomic mass is 15.8. The zero-order chi connectivity index (χ0) is 7.28. The monoisotopic (exact) mass is 130 g/mol. The van der Waals surface area contributed by atoms with Crippen molar-refractivity contribution in [3.8, 4) is 0 Å². The van der Waals surface area contributed by atoms with Crippen molar-refractivity contribution in [2.45, 2.75) is 6.92 Å². The van der Waals surface area contributed by atoms with Crippen LogP contribution in [0, 0.1) is 0 Å². The van der Waals surface area contributed by atoms with E-state index in [2.05, 4.69) is 10.3 Å². The molecule has 54 valence electrons. The quantitative estimate of drug-likeness (QED) is 0.417. The summed E-state index contributed by atoms with van der Waals surface area (Å²) >= 11 is 0. The minimum Gasteiger partial charge on any atom is -0.210 e. The number of nitrogens with zero attached hydrogens (tertiary/aromatic N) is 4. The fraction of sp³-hybridized carbons (Fsp3) is 1.00. The third-order valence-corrected chi connectivity index (χ3v) is 0.937. The van der Waals surface area contributed by atoms with E-state index in [0.717, 1.165) is 6.54 Å². The fourth-order valence-electron chi connectivity index (χ4n) is 0.529. The lowest BCUT2D eigenvalue weighted by Crippen LogP contribution is -2.31. The summed E-state index contributed by atoms with van der Waals surface area (Å²) in [5.41, 5.74) is 0. The van der Waals surface area contributed by atoms with E-state index in [1.807, 2.05) is 26.0 Å². The Hall–Kier alpha value is -0.640. The minimum absolute atomic E-state index is 0.852. The Morgan fingerprint density at radius 3 is 2.00 bits per heavy atom. The Balaban J connectivity index is 3.68. The number of hydrogen-bond donors (Lipinski definition) is 0. The lowest BCUT2D eigenvalue weighted by Gasteiger charge is -2.21. The van der Waals surface area contributed by atoms with Gasteiger partial charge < -0.3 is 0 Å². The molecule has 4 heteroatoms. The summed E-state index contributed by atoms with van der Waals surface area (Å²) < 4.78 is 0. The van der Waals surface area contributed by atoms with Crippen molar-refractivity contribution in [3.05, 3.63) is 0 Å². The first kappa shape index (κ1) is 8.36. The molecule has 0 aliphatic rings. The minimum atomic E-state index is 0.852. The van der Waals surface area contributed by atoms with E-state index < -0.39 is 0 Å². The molecule has 0 unspecified atom stereocenters. The van der Waals surface area contributed by atoms with Crippen LogP contribution in [0.1, 0.15) is 6.92 Å². The molecule has 0 aromatic rings. The lowest BCUT2D eigenvalue weighted by atomic mass is 10.8. The van der Waals surface area contributed by atoms with Crippen LogP contribution in [0.25, 0.3) is 0 Å². The first-order chi connectivity index (χ1) is 4.22. The zero-order valence-electron chi connectivity index (χ0n) is 6.50. The molecule has 9 heavy (non-hydrogen) atoms.